The number of oxazole rings is 1. The van der Waals surface area contributed by atoms with Crippen molar-refractivity contribution < 1.29 is 14.3 Å². The molecule has 4 heteroatoms. The number of hydrogen-bond donors (Lipinski definition) is 1. The molecule has 0 saturated carbocycles. The highest BCUT2D eigenvalue weighted by Crippen LogP contribution is 2.24. The molecule has 1 aromatic carbocycles. The lowest BCUT2D eigenvalue weighted by atomic mass is 10.0. The lowest BCUT2D eigenvalue weighted by molar-refractivity contribution is -0.138. The molecule has 1 heterocycles. The molecule has 1 unspecified atom stereocenters. The first-order chi connectivity index (χ1) is 6.70. The molecule has 14 heavy (non-hydrogen) atoms. The van der Waals surface area contributed by atoms with Crippen LogP contribution in [0.4, 0.5) is 0 Å². The van der Waals surface area contributed by atoms with E-state index in [0.29, 0.717) is 16.7 Å². The maximum absolute atomic E-state index is 10.8. The summed E-state index contributed by atoms with van der Waals surface area (Å²) < 4.78 is 5.08. The Bertz CT molecular complexity index is 475. The van der Waals surface area contributed by atoms with Crippen molar-refractivity contribution in [1.29, 1.82) is 0 Å². The Morgan fingerprint density at radius 3 is 3.07 bits per heavy atom. The molecule has 72 valence electrons. The lowest BCUT2D eigenvalue weighted by Gasteiger charge is -2.05. The highest BCUT2D eigenvalue weighted by molar-refractivity contribution is 5.84. The van der Waals surface area contributed by atoms with Crippen molar-refractivity contribution in [3.05, 3.63) is 30.2 Å². The molecule has 0 aliphatic heterocycles. The number of carbonyl (C=O) groups is 1. The van der Waals surface area contributed by atoms with E-state index in [2.05, 4.69) is 4.98 Å². The molecule has 0 saturated heterocycles. The predicted octanol–water partition coefficient (Wildman–Crippen LogP) is 2.02. The van der Waals surface area contributed by atoms with Crippen LogP contribution in [0.2, 0.25) is 0 Å². The molecule has 1 aromatic heterocycles. The van der Waals surface area contributed by atoms with E-state index in [9.17, 15) is 4.79 Å². The van der Waals surface area contributed by atoms with Gasteiger partial charge in [-0.25, -0.2) is 4.98 Å². The molecule has 1 atom stereocenters. The topological polar surface area (TPSA) is 63.3 Å². The average Bonchev–Trinajstić information content (AvgIpc) is 2.63. The number of rotatable bonds is 2. The third-order valence-corrected chi connectivity index (χ3v) is 2.23. The van der Waals surface area contributed by atoms with Crippen LogP contribution in [0.3, 0.4) is 0 Å². The zero-order valence-electron chi connectivity index (χ0n) is 7.60. The second-order valence-electron chi connectivity index (χ2n) is 3.11. The van der Waals surface area contributed by atoms with Crippen molar-refractivity contribution in [2.45, 2.75) is 12.8 Å². The highest BCUT2D eigenvalue weighted by Gasteiger charge is 2.17. The first kappa shape index (κ1) is 8.74. The van der Waals surface area contributed by atoms with Gasteiger partial charge in [-0.3, -0.25) is 4.79 Å². The molecule has 0 bridgehead atoms. The Kier molecular flexibility index (Phi) is 1.96. The van der Waals surface area contributed by atoms with E-state index in [4.69, 9.17) is 9.52 Å². The summed E-state index contributed by atoms with van der Waals surface area (Å²) in [4.78, 5) is 14.8. The number of aliphatic carboxylic acids is 1. The number of para-hydroxylation sites is 1. The van der Waals surface area contributed by atoms with Crippen molar-refractivity contribution in [1.82, 2.24) is 4.98 Å². The molecule has 1 N–H and O–H groups in total. The number of carboxylic acid groups (broad SMARTS) is 1. The summed E-state index contributed by atoms with van der Waals surface area (Å²) in [5.41, 5.74) is 1.93. The van der Waals surface area contributed by atoms with Crippen LogP contribution in [0, 0.1) is 0 Å². The van der Waals surface area contributed by atoms with Crippen LogP contribution in [-0.2, 0) is 4.79 Å². The molecule has 2 aromatic rings. The van der Waals surface area contributed by atoms with Crippen LogP contribution in [-0.4, -0.2) is 16.1 Å². The summed E-state index contributed by atoms with van der Waals surface area (Å²) in [7, 11) is 0. The van der Waals surface area contributed by atoms with Gasteiger partial charge < -0.3 is 9.52 Å². The minimum Gasteiger partial charge on any atom is -0.481 e. The van der Waals surface area contributed by atoms with Crippen molar-refractivity contribution in [3.8, 4) is 0 Å². The molecule has 0 aliphatic carbocycles. The molecular formula is C10H9NO3. The molecule has 0 radical (unpaired) electrons. The quantitative estimate of drug-likeness (QED) is 0.788. The lowest BCUT2D eigenvalue weighted by Crippen LogP contribution is -2.07. The van der Waals surface area contributed by atoms with E-state index in [1.807, 2.05) is 0 Å². The number of fused-ring (bicyclic) bond motifs is 1. The fourth-order valence-electron chi connectivity index (χ4n) is 1.39. The number of aromatic nitrogens is 1. The zero-order valence-corrected chi connectivity index (χ0v) is 7.60. The summed E-state index contributed by atoms with van der Waals surface area (Å²) in [5.74, 6) is -1.43. The standard InChI is InChI=1S/C10H9NO3/c1-6(10(12)13)7-3-2-4-8-9(7)11-5-14-8/h2-6H,1H3,(H,12,13). The zero-order chi connectivity index (χ0) is 10.1. The van der Waals surface area contributed by atoms with Gasteiger partial charge in [-0.1, -0.05) is 12.1 Å². The fourth-order valence-corrected chi connectivity index (χ4v) is 1.39. The van der Waals surface area contributed by atoms with Crippen molar-refractivity contribution in [2.24, 2.45) is 0 Å². The number of carboxylic acids is 1. The number of benzene rings is 1. The van der Waals surface area contributed by atoms with Gasteiger partial charge in [0.2, 0.25) is 0 Å². The van der Waals surface area contributed by atoms with E-state index in [1.54, 1.807) is 25.1 Å². The van der Waals surface area contributed by atoms with Gasteiger partial charge >= 0.3 is 5.97 Å². The smallest absolute Gasteiger partial charge is 0.310 e. The van der Waals surface area contributed by atoms with E-state index >= 15 is 0 Å². The van der Waals surface area contributed by atoms with Gasteiger partial charge in [-0.15, -0.1) is 0 Å². The second-order valence-corrected chi connectivity index (χ2v) is 3.11. The normalized spacial score (nSPS) is 12.9. The second kappa shape index (κ2) is 3.14. The minimum atomic E-state index is -0.861. The minimum absolute atomic E-state index is 0.566. The summed E-state index contributed by atoms with van der Waals surface area (Å²) in [6, 6.07) is 5.28. The average molecular weight is 191 g/mol. The first-order valence-corrected chi connectivity index (χ1v) is 4.25. The van der Waals surface area contributed by atoms with Gasteiger partial charge in [-0.05, 0) is 18.6 Å². The highest BCUT2D eigenvalue weighted by atomic mass is 16.4. The summed E-state index contributed by atoms with van der Waals surface area (Å²) in [6.07, 6.45) is 1.32. The van der Waals surface area contributed by atoms with Crippen LogP contribution >= 0.6 is 0 Å². The van der Waals surface area contributed by atoms with E-state index in [0.717, 1.165) is 0 Å². The maximum atomic E-state index is 10.8. The molecule has 0 aliphatic rings. The van der Waals surface area contributed by atoms with Gasteiger partial charge in [0.15, 0.2) is 12.0 Å². The molecule has 4 nitrogen and oxygen atoms in total. The Morgan fingerprint density at radius 1 is 1.57 bits per heavy atom. The summed E-state index contributed by atoms with van der Waals surface area (Å²) in [5, 5.41) is 8.87. The molecule has 0 spiro atoms. The molecular weight excluding hydrogens is 182 g/mol. The monoisotopic (exact) mass is 191 g/mol. The third kappa shape index (κ3) is 1.25. The third-order valence-electron chi connectivity index (χ3n) is 2.23. The van der Waals surface area contributed by atoms with Gasteiger partial charge in [0, 0.05) is 0 Å². The molecule has 0 fully saturated rings. The Morgan fingerprint density at radius 2 is 2.36 bits per heavy atom. The Balaban J connectivity index is 2.61. The van der Waals surface area contributed by atoms with Crippen LogP contribution in [0.15, 0.2) is 29.0 Å². The largest absolute Gasteiger partial charge is 0.481 e. The van der Waals surface area contributed by atoms with E-state index < -0.39 is 11.9 Å². The molecule has 2 rings (SSSR count). The van der Waals surface area contributed by atoms with Gasteiger partial charge in [0.05, 0.1) is 5.92 Å². The summed E-state index contributed by atoms with van der Waals surface area (Å²) >= 11 is 0. The van der Waals surface area contributed by atoms with Gasteiger partial charge in [0.1, 0.15) is 5.52 Å². The predicted molar refractivity (Wildman–Crippen MR) is 50.1 cm³/mol. The number of hydrogen-bond acceptors (Lipinski definition) is 3. The van der Waals surface area contributed by atoms with Crippen LogP contribution in [0.1, 0.15) is 18.4 Å². The fraction of sp³-hybridized carbons (Fsp3) is 0.200. The Hall–Kier alpha value is -1.84. The maximum Gasteiger partial charge on any atom is 0.310 e. The van der Waals surface area contributed by atoms with E-state index in [1.165, 1.54) is 6.39 Å². The SMILES string of the molecule is CC(C(=O)O)c1cccc2ocnc12. The first-order valence-electron chi connectivity index (χ1n) is 4.25. The van der Waals surface area contributed by atoms with Crippen molar-refractivity contribution >= 4 is 17.1 Å². The van der Waals surface area contributed by atoms with Crippen molar-refractivity contribution in [2.75, 3.05) is 0 Å². The van der Waals surface area contributed by atoms with Crippen LogP contribution < -0.4 is 0 Å². The Labute approximate surface area is 80.2 Å². The molecule has 0 amide bonds. The van der Waals surface area contributed by atoms with Gasteiger partial charge in [-0.2, -0.15) is 0 Å². The van der Waals surface area contributed by atoms with Gasteiger partial charge in [0.25, 0.3) is 0 Å². The number of nitrogens with zero attached hydrogens (tertiary/aromatic N) is 1. The van der Waals surface area contributed by atoms with E-state index in [-0.39, 0.29) is 0 Å². The van der Waals surface area contributed by atoms with Crippen LogP contribution in [0.25, 0.3) is 11.1 Å². The van der Waals surface area contributed by atoms with Crippen LogP contribution in [0.5, 0.6) is 0 Å². The summed E-state index contributed by atoms with van der Waals surface area (Å²) in [6.45, 7) is 1.63. The van der Waals surface area contributed by atoms with Crippen molar-refractivity contribution in [3.63, 3.8) is 0 Å².